The number of halogens is 3. The topological polar surface area (TPSA) is 53.3 Å². The van der Waals surface area contributed by atoms with Gasteiger partial charge in [-0.05, 0) is 0 Å². The minimum Gasteiger partial charge on any atom is -0.362 e. The molecule has 0 saturated carbocycles. The fourth-order valence-corrected chi connectivity index (χ4v) is 0.707. The van der Waals surface area contributed by atoms with Crippen LogP contribution < -0.4 is 0 Å². The number of carbonyl (C=O) groups is 1. The zero-order chi connectivity index (χ0) is 11.9. The van der Waals surface area contributed by atoms with Gasteiger partial charge in [0.05, 0.1) is 12.5 Å². The predicted octanol–water partition coefficient (Wildman–Crippen LogP) is 0.937. The van der Waals surface area contributed by atoms with Crippen LogP contribution in [0.2, 0.25) is 0 Å². The van der Waals surface area contributed by atoms with E-state index in [-0.39, 0.29) is 13.0 Å². The van der Waals surface area contributed by atoms with Gasteiger partial charge >= 0.3 is 6.18 Å². The Labute approximate surface area is 85.2 Å². The van der Waals surface area contributed by atoms with Crippen LogP contribution in [0.3, 0.4) is 0 Å². The van der Waals surface area contributed by atoms with E-state index < -0.39 is 25.3 Å². The van der Waals surface area contributed by atoms with E-state index in [9.17, 15) is 18.0 Å². The van der Waals surface area contributed by atoms with Crippen molar-refractivity contribution in [1.82, 2.24) is 4.90 Å². The van der Waals surface area contributed by atoms with Crippen molar-refractivity contribution >= 4 is 5.91 Å². The average Bonchev–Trinajstić information content (AvgIpc) is 2.11. The van der Waals surface area contributed by atoms with E-state index in [2.05, 4.69) is 4.74 Å². The maximum absolute atomic E-state index is 11.6. The number of ether oxygens (including phenoxy) is 1. The lowest BCUT2D eigenvalue weighted by atomic mass is 10.4. The first-order valence-corrected chi connectivity index (χ1v) is 4.12. The van der Waals surface area contributed by atoms with Gasteiger partial charge in [0.25, 0.3) is 0 Å². The number of nitriles is 1. The van der Waals surface area contributed by atoms with E-state index in [1.807, 2.05) is 6.07 Å². The smallest absolute Gasteiger partial charge is 0.362 e. The summed E-state index contributed by atoms with van der Waals surface area (Å²) in [6.45, 7) is -1.88. The highest BCUT2D eigenvalue weighted by atomic mass is 19.4. The molecule has 0 aliphatic heterocycles. The van der Waals surface area contributed by atoms with Crippen molar-refractivity contribution < 1.29 is 22.7 Å². The fraction of sp³-hybridized carbons (Fsp3) is 0.750. The summed E-state index contributed by atoms with van der Waals surface area (Å²) in [6, 6.07) is 1.82. The lowest BCUT2D eigenvalue weighted by Crippen LogP contribution is -2.32. The van der Waals surface area contributed by atoms with Crippen LogP contribution in [0, 0.1) is 11.3 Å². The Balaban J connectivity index is 3.70. The molecule has 0 aliphatic rings. The molecular formula is C8H11F3N2O2. The number of hydrogen-bond donors (Lipinski definition) is 0. The quantitative estimate of drug-likeness (QED) is 0.698. The molecule has 0 fully saturated rings. The molecule has 0 atom stereocenters. The molecule has 0 aromatic carbocycles. The molecule has 7 heteroatoms. The lowest BCUT2D eigenvalue weighted by Gasteiger charge is -2.15. The summed E-state index contributed by atoms with van der Waals surface area (Å²) in [4.78, 5) is 12.2. The average molecular weight is 224 g/mol. The van der Waals surface area contributed by atoms with E-state index in [0.717, 1.165) is 4.90 Å². The Morgan fingerprint density at radius 3 is 2.60 bits per heavy atom. The van der Waals surface area contributed by atoms with Gasteiger partial charge in [0, 0.05) is 13.6 Å². The molecular weight excluding hydrogens is 213 g/mol. The van der Waals surface area contributed by atoms with E-state index in [4.69, 9.17) is 5.26 Å². The molecule has 0 N–H and O–H groups in total. The van der Waals surface area contributed by atoms with Crippen LogP contribution in [-0.4, -0.2) is 43.8 Å². The van der Waals surface area contributed by atoms with Crippen molar-refractivity contribution in [3.05, 3.63) is 0 Å². The van der Waals surface area contributed by atoms with E-state index >= 15 is 0 Å². The highest BCUT2D eigenvalue weighted by Crippen LogP contribution is 2.14. The third-order valence-electron chi connectivity index (χ3n) is 1.48. The summed E-state index contributed by atoms with van der Waals surface area (Å²) in [5, 5.41) is 8.21. The molecule has 0 radical (unpaired) electrons. The van der Waals surface area contributed by atoms with Crippen molar-refractivity contribution in [3.8, 4) is 6.07 Å². The number of hydrogen-bond acceptors (Lipinski definition) is 3. The summed E-state index contributed by atoms with van der Waals surface area (Å²) in [5.74, 6) is -0.575. The van der Waals surface area contributed by atoms with Gasteiger partial charge in [-0.15, -0.1) is 0 Å². The summed E-state index contributed by atoms with van der Waals surface area (Å²) < 4.78 is 39.0. The Kier molecular flexibility index (Phi) is 5.70. The number of amides is 1. The second-order valence-electron chi connectivity index (χ2n) is 2.83. The van der Waals surface area contributed by atoms with E-state index in [1.54, 1.807) is 0 Å². The first kappa shape index (κ1) is 13.7. The Morgan fingerprint density at radius 1 is 1.53 bits per heavy atom. The fourth-order valence-electron chi connectivity index (χ4n) is 0.707. The second-order valence-corrected chi connectivity index (χ2v) is 2.83. The van der Waals surface area contributed by atoms with Gasteiger partial charge in [-0.25, -0.2) is 0 Å². The van der Waals surface area contributed by atoms with Crippen LogP contribution in [0.4, 0.5) is 13.2 Å². The summed E-state index contributed by atoms with van der Waals surface area (Å²) in [7, 11) is 1.40. The monoisotopic (exact) mass is 224 g/mol. The maximum atomic E-state index is 11.6. The third-order valence-corrected chi connectivity index (χ3v) is 1.48. The molecule has 0 saturated heterocycles. The van der Waals surface area contributed by atoms with Crippen molar-refractivity contribution in [1.29, 1.82) is 5.26 Å². The number of alkyl halides is 3. The molecule has 0 unspecified atom stereocenters. The molecule has 0 bridgehead atoms. The van der Waals surface area contributed by atoms with Crippen molar-refractivity contribution in [3.63, 3.8) is 0 Å². The van der Waals surface area contributed by atoms with Crippen molar-refractivity contribution in [2.45, 2.75) is 12.6 Å². The van der Waals surface area contributed by atoms with Crippen LogP contribution in [0.1, 0.15) is 6.42 Å². The normalized spacial score (nSPS) is 10.9. The van der Waals surface area contributed by atoms with E-state index in [1.165, 1.54) is 7.05 Å². The number of nitrogens with zero attached hydrogens (tertiary/aromatic N) is 2. The Hall–Kier alpha value is -1.29. The number of likely N-dealkylation sites (N-methyl/N-ethyl adjacent to an activating group) is 1. The van der Waals surface area contributed by atoms with Crippen LogP contribution in [0.25, 0.3) is 0 Å². The SMILES string of the molecule is CN(CCC#N)C(=O)COCC(F)(F)F. The van der Waals surface area contributed by atoms with Crippen LogP contribution in [0.5, 0.6) is 0 Å². The minimum absolute atomic E-state index is 0.140. The molecule has 15 heavy (non-hydrogen) atoms. The second kappa shape index (κ2) is 6.24. The zero-order valence-corrected chi connectivity index (χ0v) is 8.17. The van der Waals surface area contributed by atoms with Crippen LogP contribution >= 0.6 is 0 Å². The Morgan fingerprint density at radius 2 is 2.13 bits per heavy atom. The van der Waals surface area contributed by atoms with Gasteiger partial charge in [0.1, 0.15) is 13.2 Å². The van der Waals surface area contributed by atoms with Crippen molar-refractivity contribution in [2.75, 3.05) is 26.8 Å². The van der Waals surface area contributed by atoms with Gasteiger partial charge in [0.2, 0.25) is 5.91 Å². The van der Waals surface area contributed by atoms with Gasteiger partial charge < -0.3 is 9.64 Å². The van der Waals surface area contributed by atoms with E-state index in [0.29, 0.717) is 0 Å². The molecule has 0 aliphatic carbocycles. The Bertz CT molecular complexity index is 247. The molecule has 0 heterocycles. The van der Waals surface area contributed by atoms with Gasteiger partial charge in [-0.3, -0.25) is 4.79 Å². The van der Waals surface area contributed by atoms with Crippen LogP contribution in [-0.2, 0) is 9.53 Å². The maximum Gasteiger partial charge on any atom is 0.411 e. The van der Waals surface area contributed by atoms with Gasteiger partial charge in [-0.2, -0.15) is 18.4 Å². The molecule has 0 spiro atoms. The molecule has 4 nitrogen and oxygen atoms in total. The molecule has 86 valence electrons. The zero-order valence-electron chi connectivity index (χ0n) is 8.17. The number of carbonyl (C=O) groups excluding carboxylic acids is 1. The van der Waals surface area contributed by atoms with Crippen LogP contribution in [0.15, 0.2) is 0 Å². The summed E-state index contributed by atoms with van der Waals surface area (Å²) in [6.07, 6.45) is -4.28. The molecule has 0 aromatic heterocycles. The lowest BCUT2D eigenvalue weighted by molar-refractivity contribution is -0.177. The first-order valence-electron chi connectivity index (χ1n) is 4.12. The minimum atomic E-state index is -4.43. The summed E-state index contributed by atoms with van der Waals surface area (Å²) in [5.41, 5.74) is 0. The third kappa shape index (κ3) is 7.76. The highest BCUT2D eigenvalue weighted by molar-refractivity contribution is 5.77. The standard InChI is InChI=1S/C8H11F3N2O2/c1-13(4-2-3-12)7(14)5-15-6-8(9,10)11/h2,4-6H2,1H3. The number of rotatable bonds is 5. The van der Waals surface area contributed by atoms with Crippen molar-refractivity contribution in [2.24, 2.45) is 0 Å². The molecule has 0 rings (SSSR count). The predicted molar refractivity (Wildman–Crippen MR) is 44.7 cm³/mol. The largest absolute Gasteiger partial charge is 0.411 e. The first-order chi connectivity index (χ1) is 6.87. The summed E-state index contributed by atoms with van der Waals surface area (Å²) >= 11 is 0. The van der Waals surface area contributed by atoms with Gasteiger partial charge in [0.15, 0.2) is 0 Å². The molecule has 1 amide bonds. The molecule has 0 aromatic rings. The highest BCUT2D eigenvalue weighted by Gasteiger charge is 2.27. The van der Waals surface area contributed by atoms with Gasteiger partial charge in [-0.1, -0.05) is 0 Å².